The molecule has 1 aliphatic carbocycles. The van der Waals surface area contributed by atoms with Crippen LogP contribution < -0.4 is 0 Å². The summed E-state index contributed by atoms with van der Waals surface area (Å²) >= 11 is 12.4. The number of piperazine rings is 1. The van der Waals surface area contributed by atoms with Gasteiger partial charge >= 0.3 is 0 Å². The first-order valence-electron chi connectivity index (χ1n) is 8.93. The standard InChI is InChI=1S/C18H22Cl2N2O4/c19-11-1-3-13(23)16(17(11)20)9-5-10-7-21(8-15(25)22(10)6-9)12-2-4-14(24)18(12)26/h1,3,9-10,12,14,18,23-24,26H,2,4-8H2/t9-,10-,12+,14+,18-/m0/s1. The predicted molar refractivity (Wildman–Crippen MR) is 97.6 cm³/mol. The average Bonchev–Trinajstić information content (AvgIpc) is 3.16. The molecule has 4 rings (SSSR count). The monoisotopic (exact) mass is 400 g/mol. The van der Waals surface area contributed by atoms with Crippen LogP contribution in [0, 0.1) is 0 Å². The molecule has 3 N–H and O–H groups in total. The third kappa shape index (κ3) is 2.98. The van der Waals surface area contributed by atoms with Gasteiger partial charge in [0.05, 0.1) is 28.8 Å². The molecule has 3 fully saturated rings. The van der Waals surface area contributed by atoms with Crippen LogP contribution in [0.3, 0.4) is 0 Å². The fraction of sp³-hybridized carbons (Fsp3) is 0.611. The number of carbonyl (C=O) groups excluding carboxylic acids is 1. The van der Waals surface area contributed by atoms with E-state index in [1.807, 2.05) is 9.80 Å². The van der Waals surface area contributed by atoms with Crippen LogP contribution in [0.4, 0.5) is 0 Å². The highest BCUT2D eigenvalue weighted by Crippen LogP contribution is 2.44. The van der Waals surface area contributed by atoms with Gasteiger partial charge in [0.25, 0.3) is 0 Å². The minimum Gasteiger partial charge on any atom is -0.508 e. The van der Waals surface area contributed by atoms with Crippen LogP contribution in [0.25, 0.3) is 0 Å². The zero-order valence-corrected chi connectivity index (χ0v) is 15.7. The predicted octanol–water partition coefficient (Wildman–Crippen LogP) is 1.58. The molecule has 2 saturated heterocycles. The van der Waals surface area contributed by atoms with E-state index in [1.165, 1.54) is 6.07 Å². The molecule has 26 heavy (non-hydrogen) atoms. The van der Waals surface area contributed by atoms with Crippen LogP contribution >= 0.6 is 23.2 Å². The Morgan fingerprint density at radius 1 is 1.12 bits per heavy atom. The summed E-state index contributed by atoms with van der Waals surface area (Å²) in [4.78, 5) is 16.5. The summed E-state index contributed by atoms with van der Waals surface area (Å²) in [5, 5.41) is 31.0. The molecule has 0 radical (unpaired) electrons. The van der Waals surface area contributed by atoms with Crippen molar-refractivity contribution in [2.24, 2.45) is 0 Å². The fourth-order valence-electron chi connectivity index (χ4n) is 4.74. The van der Waals surface area contributed by atoms with Crippen LogP contribution in [0.2, 0.25) is 10.0 Å². The van der Waals surface area contributed by atoms with Crippen molar-refractivity contribution >= 4 is 29.1 Å². The molecule has 142 valence electrons. The van der Waals surface area contributed by atoms with Crippen LogP contribution in [-0.4, -0.2) is 75.0 Å². The molecule has 1 amide bonds. The fourth-order valence-corrected chi connectivity index (χ4v) is 5.22. The van der Waals surface area contributed by atoms with E-state index in [0.717, 1.165) is 0 Å². The van der Waals surface area contributed by atoms with E-state index in [9.17, 15) is 20.1 Å². The Bertz CT molecular complexity index is 731. The molecule has 3 aliphatic rings. The zero-order valence-electron chi connectivity index (χ0n) is 14.2. The van der Waals surface area contributed by atoms with E-state index in [4.69, 9.17) is 23.2 Å². The Kier molecular flexibility index (Phi) is 4.82. The maximum absolute atomic E-state index is 12.7. The molecule has 1 saturated carbocycles. The Morgan fingerprint density at radius 3 is 2.58 bits per heavy atom. The lowest BCUT2D eigenvalue weighted by Crippen LogP contribution is -2.58. The number of aliphatic hydroxyl groups excluding tert-OH is 2. The lowest BCUT2D eigenvalue weighted by Gasteiger charge is -2.41. The van der Waals surface area contributed by atoms with Gasteiger partial charge in [-0.15, -0.1) is 0 Å². The molecule has 2 aliphatic heterocycles. The number of halogens is 2. The van der Waals surface area contributed by atoms with Crippen molar-refractivity contribution in [2.45, 2.75) is 49.5 Å². The van der Waals surface area contributed by atoms with Gasteiger partial charge in [0, 0.05) is 36.7 Å². The van der Waals surface area contributed by atoms with E-state index in [1.54, 1.807) is 6.07 Å². The van der Waals surface area contributed by atoms with Crippen molar-refractivity contribution in [2.75, 3.05) is 19.6 Å². The Morgan fingerprint density at radius 2 is 1.88 bits per heavy atom. The smallest absolute Gasteiger partial charge is 0.237 e. The van der Waals surface area contributed by atoms with Gasteiger partial charge in [0.1, 0.15) is 5.75 Å². The van der Waals surface area contributed by atoms with Crippen LogP contribution in [0.15, 0.2) is 12.1 Å². The molecule has 2 heterocycles. The summed E-state index contributed by atoms with van der Waals surface area (Å²) in [6.45, 7) is 1.39. The van der Waals surface area contributed by atoms with Gasteiger partial charge in [-0.05, 0) is 31.4 Å². The van der Waals surface area contributed by atoms with Gasteiger partial charge in [-0.1, -0.05) is 23.2 Å². The second kappa shape index (κ2) is 6.84. The number of benzene rings is 1. The number of hydrogen-bond acceptors (Lipinski definition) is 5. The van der Waals surface area contributed by atoms with E-state index in [0.29, 0.717) is 48.0 Å². The molecule has 5 atom stereocenters. The molecule has 6 nitrogen and oxygen atoms in total. The molecule has 0 spiro atoms. The highest BCUT2D eigenvalue weighted by Gasteiger charge is 2.46. The van der Waals surface area contributed by atoms with Gasteiger partial charge in [0.15, 0.2) is 0 Å². The minimum atomic E-state index is -0.807. The van der Waals surface area contributed by atoms with Gasteiger partial charge in [-0.2, -0.15) is 0 Å². The summed E-state index contributed by atoms with van der Waals surface area (Å²) in [7, 11) is 0. The zero-order chi connectivity index (χ0) is 18.6. The summed E-state index contributed by atoms with van der Waals surface area (Å²) in [6, 6.07) is 2.91. The SMILES string of the molecule is O=C1CN([C@@H]2CC[C@@H](O)[C@H]2O)C[C@@H]2C[C@H](c3c(O)ccc(Cl)c3Cl)CN12. The molecule has 1 aromatic carbocycles. The van der Waals surface area contributed by atoms with Gasteiger partial charge in [0.2, 0.25) is 5.91 Å². The second-order valence-corrected chi connectivity index (χ2v) is 8.34. The number of aromatic hydroxyl groups is 1. The third-order valence-electron chi connectivity index (χ3n) is 6.05. The highest BCUT2D eigenvalue weighted by atomic mass is 35.5. The lowest BCUT2D eigenvalue weighted by atomic mass is 9.95. The van der Waals surface area contributed by atoms with Gasteiger partial charge < -0.3 is 20.2 Å². The number of rotatable bonds is 2. The number of phenolic OH excluding ortho intramolecular Hbond substituents is 1. The first-order valence-corrected chi connectivity index (χ1v) is 9.69. The molecule has 0 bridgehead atoms. The highest BCUT2D eigenvalue weighted by molar-refractivity contribution is 6.42. The number of amides is 1. The van der Waals surface area contributed by atoms with E-state index < -0.39 is 12.2 Å². The summed E-state index contributed by atoms with van der Waals surface area (Å²) < 4.78 is 0. The summed E-state index contributed by atoms with van der Waals surface area (Å²) in [5.74, 6) is 0.0343. The third-order valence-corrected chi connectivity index (χ3v) is 6.87. The number of phenols is 1. The maximum atomic E-state index is 12.7. The Hall–Kier alpha value is -1.05. The average molecular weight is 401 g/mol. The van der Waals surface area contributed by atoms with Gasteiger partial charge in [-0.25, -0.2) is 0 Å². The summed E-state index contributed by atoms with van der Waals surface area (Å²) in [5.41, 5.74) is 0.601. The Labute approximate surface area is 161 Å². The summed E-state index contributed by atoms with van der Waals surface area (Å²) in [6.07, 6.45) is 0.401. The number of nitrogens with zero attached hydrogens (tertiary/aromatic N) is 2. The van der Waals surface area contributed by atoms with E-state index in [-0.39, 0.29) is 36.2 Å². The van der Waals surface area contributed by atoms with Crippen molar-refractivity contribution in [1.82, 2.24) is 9.80 Å². The van der Waals surface area contributed by atoms with Crippen molar-refractivity contribution in [3.63, 3.8) is 0 Å². The first-order chi connectivity index (χ1) is 12.4. The van der Waals surface area contributed by atoms with Crippen molar-refractivity contribution in [1.29, 1.82) is 0 Å². The van der Waals surface area contributed by atoms with Crippen molar-refractivity contribution in [3.05, 3.63) is 27.7 Å². The quantitative estimate of drug-likeness (QED) is 0.701. The van der Waals surface area contributed by atoms with Crippen molar-refractivity contribution in [3.8, 4) is 5.75 Å². The first kappa shape index (κ1) is 18.3. The number of hydrogen-bond donors (Lipinski definition) is 3. The number of carbonyl (C=O) groups is 1. The van der Waals surface area contributed by atoms with Crippen LogP contribution in [0.1, 0.15) is 30.7 Å². The normalized spacial score (nSPS) is 35.2. The molecular weight excluding hydrogens is 379 g/mol. The maximum Gasteiger partial charge on any atom is 0.237 e. The Balaban J connectivity index is 1.54. The molecule has 0 aromatic heterocycles. The molecular formula is C18H22Cl2N2O4. The van der Waals surface area contributed by atoms with Crippen LogP contribution in [-0.2, 0) is 4.79 Å². The molecule has 8 heteroatoms. The largest absolute Gasteiger partial charge is 0.508 e. The van der Waals surface area contributed by atoms with Gasteiger partial charge in [-0.3, -0.25) is 9.69 Å². The number of aliphatic hydroxyl groups is 2. The lowest BCUT2D eigenvalue weighted by molar-refractivity contribution is -0.140. The topological polar surface area (TPSA) is 84.2 Å². The minimum absolute atomic E-state index is 0.000594. The number of fused-ring (bicyclic) bond motifs is 1. The van der Waals surface area contributed by atoms with E-state index >= 15 is 0 Å². The van der Waals surface area contributed by atoms with E-state index in [2.05, 4.69) is 0 Å². The molecule has 1 aromatic rings. The van der Waals surface area contributed by atoms with Crippen molar-refractivity contribution < 1.29 is 20.1 Å². The second-order valence-electron chi connectivity index (χ2n) is 7.56. The molecule has 0 unspecified atom stereocenters. The van der Waals surface area contributed by atoms with Crippen LogP contribution in [0.5, 0.6) is 5.75 Å².